The van der Waals surface area contributed by atoms with E-state index >= 15 is 0 Å². The molecule has 0 aliphatic heterocycles. The highest BCUT2D eigenvalue weighted by molar-refractivity contribution is 6.12. The van der Waals surface area contributed by atoms with Crippen molar-refractivity contribution in [2.24, 2.45) is 5.92 Å². The molecule has 54 heavy (non-hydrogen) atoms. The zero-order chi connectivity index (χ0) is 36.3. The molecule has 0 amide bonds. The summed E-state index contributed by atoms with van der Waals surface area (Å²) >= 11 is 0. The minimum atomic E-state index is 0.738. The van der Waals surface area contributed by atoms with E-state index in [1.54, 1.807) is 0 Å². The van der Waals surface area contributed by atoms with Crippen LogP contribution in [0.1, 0.15) is 50.7 Å². The molecule has 3 heterocycles. The molecule has 1 unspecified atom stereocenters. The van der Waals surface area contributed by atoms with Crippen LogP contribution in [0.15, 0.2) is 150 Å². The maximum Gasteiger partial charge on any atom is 0.135 e. The van der Waals surface area contributed by atoms with Gasteiger partial charge in [0.2, 0.25) is 0 Å². The highest BCUT2D eigenvalue weighted by atomic mass is 16.3. The lowest BCUT2D eigenvalue weighted by atomic mass is 9.91. The zero-order valence-corrected chi connectivity index (χ0v) is 31.3. The summed E-state index contributed by atoms with van der Waals surface area (Å²) in [4.78, 5) is 0. The average molecular weight is 701 g/mol. The lowest BCUT2D eigenvalue weighted by Gasteiger charge is -2.15. The Bertz CT molecular complexity index is 3020. The van der Waals surface area contributed by atoms with Gasteiger partial charge in [0.05, 0.1) is 22.1 Å². The van der Waals surface area contributed by atoms with Gasteiger partial charge in [-0.05, 0) is 115 Å². The van der Waals surface area contributed by atoms with E-state index in [4.69, 9.17) is 4.42 Å². The Morgan fingerprint density at radius 3 is 1.87 bits per heavy atom. The molecule has 0 fully saturated rings. The summed E-state index contributed by atoms with van der Waals surface area (Å²) in [6, 6.07) is 53.8. The Hall–Kier alpha value is -6.06. The van der Waals surface area contributed by atoms with E-state index in [0.29, 0.717) is 0 Å². The van der Waals surface area contributed by atoms with Gasteiger partial charge in [0.1, 0.15) is 11.2 Å². The second-order valence-electron chi connectivity index (χ2n) is 15.2. The topological polar surface area (TPSA) is 23.0 Å². The van der Waals surface area contributed by atoms with Crippen molar-refractivity contribution in [3.8, 4) is 22.5 Å². The summed E-state index contributed by atoms with van der Waals surface area (Å²) in [6.07, 6.45) is 6.26. The predicted molar refractivity (Wildman–Crippen MR) is 230 cm³/mol. The highest BCUT2D eigenvalue weighted by Gasteiger charge is 2.17. The van der Waals surface area contributed by atoms with Crippen LogP contribution in [0.4, 0.5) is 0 Å². The van der Waals surface area contributed by atoms with E-state index in [0.717, 1.165) is 40.0 Å². The van der Waals surface area contributed by atoms with Crippen LogP contribution in [0.3, 0.4) is 0 Å². The summed E-state index contributed by atoms with van der Waals surface area (Å²) in [6.45, 7) is 6.80. The normalized spacial score (nSPS) is 12.6. The number of fused-ring (bicyclic) bond motifs is 9. The number of rotatable bonds is 9. The van der Waals surface area contributed by atoms with E-state index in [1.807, 2.05) is 0 Å². The number of nitrogens with zero attached hydrogens (tertiary/aromatic N) is 2. The van der Waals surface area contributed by atoms with Gasteiger partial charge < -0.3 is 13.6 Å². The molecule has 0 bridgehead atoms. The lowest BCUT2D eigenvalue weighted by Crippen LogP contribution is -2.03. The van der Waals surface area contributed by atoms with E-state index < -0.39 is 0 Å². The number of hydrogen-bond donors (Lipinski definition) is 0. The van der Waals surface area contributed by atoms with E-state index in [1.165, 1.54) is 97.2 Å². The molecule has 0 saturated heterocycles. The largest absolute Gasteiger partial charge is 0.456 e. The van der Waals surface area contributed by atoms with E-state index in [9.17, 15) is 0 Å². The minimum Gasteiger partial charge on any atom is -0.456 e. The third kappa shape index (κ3) is 5.33. The maximum absolute atomic E-state index is 6.43. The molecular formula is C51H44N2O. The predicted octanol–water partition coefficient (Wildman–Crippen LogP) is 14.5. The Labute approximate surface area is 316 Å². The fraction of sp³-hybridized carbons (Fsp3) is 0.176. The van der Waals surface area contributed by atoms with Crippen molar-refractivity contribution in [2.45, 2.75) is 52.9 Å². The molecule has 3 aromatic heterocycles. The second-order valence-corrected chi connectivity index (χ2v) is 15.2. The van der Waals surface area contributed by atoms with Gasteiger partial charge in [0, 0.05) is 43.7 Å². The fourth-order valence-electron chi connectivity index (χ4n) is 8.98. The van der Waals surface area contributed by atoms with Crippen LogP contribution >= 0.6 is 0 Å². The van der Waals surface area contributed by atoms with Gasteiger partial charge in [-0.3, -0.25) is 0 Å². The molecular weight excluding hydrogens is 657 g/mol. The molecule has 264 valence electrons. The SMILES string of the molecule is CCCCC(CC)Cc1ccc2c(c1)c1ccccc1n2-c1cccc(-c2ccc3oc4ccc(-n5c6ccccc6c6cc(C)ccc65)cc4c3c2)c1. The summed E-state index contributed by atoms with van der Waals surface area (Å²) in [5.41, 5.74) is 14.1. The van der Waals surface area contributed by atoms with E-state index in [2.05, 4.69) is 175 Å². The van der Waals surface area contributed by atoms with Gasteiger partial charge in [-0.15, -0.1) is 0 Å². The summed E-state index contributed by atoms with van der Waals surface area (Å²) in [5, 5.41) is 7.44. The lowest BCUT2D eigenvalue weighted by molar-refractivity contribution is 0.449. The van der Waals surface area contributed by atoms with Crippen LogP contribution in [0.25, 0.3) is 88.1 Å². The number of unbranched alkanes of at least 4 members (excludes halogenated alkanes) is 1. The van der Waals surface area contributed by atoms with Gasteiger partial charge in [0.15, 0.2) is 0 Å². The van der Waals surface area contributed by atoms with Crippen LogP contribution < -0.4 is 0 Å². The van der Waals surface area contributed by atoms with Gasteiger partial charge >= 0.3 is 0 Å². The average Bonchev–Trinajstić information content (AvgIpc) is 3.86. The molecule has 0 radical (unpaired) electrons. The molecule has 3 heteroatoms. The Kier molecular flexibility index (Phi) is 7.91. The van der Waals surface area contributed by atoms with Crippen molar-refractivity contribution in [1.29, 1.82) is 0 Å². The minimum absolute atomic E-state index is 0.738. The number of aryl methyl sites for hydroxylation is 1. The Morgan fingerprint density at radius 1 is 0.500 bits per heavy atom. The van der Waals surface area contributed by atoms with Crippen molar-refractivity contribution in [1.82, 2.24) is 9.13 Å². The maximum atomic E-state index is 6.43. The molecule has 0 aliphatic carbocycles. The standard InChI is InChI=1S/C51H44N2O/c1-4-6-12-34(5-2)28-35-20-24-49-43(29-35)41-16-8-10-18-47(41)52(49)38-14-11-13-36(30-38)37-21-25-50-44(31-37)45-32-39(22-26-51(45)54-50)53-46-17-9-7-15-40(46)42-27-33(3)19-23-48(42)53/h7-11,13-27,29-32,34H,4-6,12,28H2,1-3H3. The molecule has 7 aromatic carbocycles. The van der Waals surface area contributed by atoms with Gasteiger partial charge in [0.25, 0.3) is 0 Å². The van der Waals surface area contributed by atoms with Crippen LogP contribution in [-0.4, -0.2) is 9.13 Å². The molecule has 10 rings (SSSR count). The third-order valence-electron chi connectivity index (χ3n) is 11.8. The van der Waals surface area contributed by atoms with Crippen molar-refractivity contribution < 1.29 is 4.42 Å². The van der Waals surface area contributed by atoms with E-state index in [-0.39, 0.29) is 0 Å². The summed E-state index contributed by atoms with van der Waals surface area (Å²) < 4.78 is 11.3. The molecule has 0 spiro atoms. The molecule has 3 nitrogen and oxygen atoms in total. The number of benzene rings is 7. The van der Waals surface area contributed by atoms with Gasteiger partial charge in [-0.2, -0.15) is 0 Å². The zero-order valence-electron chi connectivity index (χ0n) is 31.3. The van der Waals surface area contributed by atoms with Crippen molar-refractivity contribution in [3.63, 3.8) is 0 Å². The van der Waals surface area contributed by atoms with Crippen LogP contribution in [0.2, 0.25) is 0 Å². The first-order chi connectivity index (χ1) is 26.6. The van der Waals surface area contributed by atoms with Crippen LogP contribution in [-0.2, 0) is 6.42 Å². The number of hydrogen-bond acceptors (Lipinski definition) is 1. The van der Waals surface area contributed by atoms with Crippen LogP contribution in [0, 0.1) is 12.8 Å². The first-order valence-corrected chi connectivity index (χ1v) is 19.7. The summed E-state index contributed by atoms with van der Waals surface area (Å²) in [7, 11) is 0. The smallest absolute Gasteiger partial charge is 0.135 e. The molecule has 0 aliphatic rings. The number of aromatic nitrogens is 2. The summed E-state index contributed by atoms with van der Waals surface area (Å²) in [5.74, 6) is 0.738. The molecule has 10 aromatic rings. The highest BCUT2D eigenvalue weighted by Crippen LogP contribution is 2.39. The molecule has 1 atom stereocenters. The number of furan rings is 1. The van der Waals surface area contributed by atoms with Gasteiger partial charge in [-0.25, -0.2) is 0 Å². The van der Waals surface area contributed by atoms with Crippen molar-refractivity contribution >= 4 is 65.6 Å². The van der Waals surface area contributed by atoms with Crippen molar-refractivity contribution in [3.05, 3.63) is 157 Å². The van der Waals surface area contributed by atoms with Crippen LogP contribution in [0.5, 0.6) is 0 Å². The molecule has 0 N–H and O–H groups in total. The first-order valence-electron chi connectivity index (χ1n) is 19.7. The first kappa shape index (κ1) is 32.6. The quantitative estimate of drug-likeness (QED) is 0.147. The monoisotopic (exact) mass is 700 g/mol. The third-order valence-corrected chi connectivity index (χ3v) is 11.8. The number of para-hydroxylation sites is 2. The van der Waals surface area contributed by atoms with Crippen molar-refractivity contribution in [2.75, 3.05) is 0 Å². The second kappa shape index (κ2) is 13.1. The van der Waals surface area contributed by atoms with Gasteiger partial charge in [-0.1, -0.05) is 112 Å². The molecule has 0 saturated carbocycles. The fourth-order valence-corrected chi connectivity index (χ4v) is 8.98. The Morgan fingerprint density at radius 2 is 1.13 bits per heavy atom. The Balaban J connectivity index is 1.07.